The maximum absolute atomic E-state index is 13.0. The Morgan fingerprint density at radius 1 is 1.09 bits per heavy atom. The van der Waals surface area contributed by atoms with Gasteiger partial charge < -0.3 is 33.5 Å². The van der Waals surface area contributed by atoms with Gasteiger partial charge >= 0.3 is 5.97 Å². The second-order valence-electron chi connectivity index (χ2n) is 9.46. The summed E-state index contributed by atoms with van der Waals surface area (Å²) < 4.78 is 35.6. The van der Waals surface area contributed by atoms with Crippen molar-refractivity contribution in [3.05, 3.63) is 35.9 Å². The van der Waals surface area contributed by atoms with Gasteiger partial charge in [-0.05, 0) is 32.3 Å². The number of hydrogen-bond acceptors (Lipinski definition) is 8. The molecule has 2 aliphatic rings. The summed E-state index contributed by atoms with van der Waals surface area (Å²) in [4.78, 5) is 13.0. The number of aliphatic hydroxyl groups is 1. The number of fused-ring (bicyclic) bond motifs is 1. The number of carbonyl (C=O) groups is 1. The van der Waals surface area contributed by atoms with Gasteiger partial charge in [0.25, 0.3) is 5.79 Å². The van der Waals surface area contributed by atoms with E-state index in [2.05, 4.69) is 13.8 Å². The van der Waals surface area contributed by atoms with E-state index in [9.17, 15) is 9.90 Å². The summed E-state index contributed by atoms with van der Waals surface area (Å²) in [7, 11) is 0. The monoisotopic (exact) mass is 480 g/mol. The normalized spacial score (nSPS) is 28.9. The van der Waals surface area contributed by atoms with E-state index < -0.39 is 42.0 Å². The van der Waals surface area contributed by atoms with Crippen LogP contribution in [0.1, 0.15) is 65.4 Å². The third-order valence-electron chi connectivity index (χ3n) is 6.01. The molecule has 1 aromatic rings. The lowest BCUT2D eigenvalue weighted by Gasteiger charge is -2.43. The van der Waals surface area contributed by atoms with Crippen LogP contribution in [0, 0.1) is 0 Å². The van der Waals surface area contributed by atoms with Gasteiger partial charge in [-0.15, -0.1) is 0 Å². The molecule has 192 valence electrons. The molecule has 0 aromatic heterocycles. The molecule has 8 heteroatoms. The minimum Gasteiger partial charge on any atom is -0.457 e. The van der Waals surface area contributed by atoms with Gasteiger partial charge in [0.05, 0.1) is 12.7 Å². The molecule has 2 heterocycles. The summed E-state index contributed by atoms with van der Waals surface area (Å²) in [6.45, 7) is 9.19. The van der Waals surface area contributed by atoms with Gasteiger partial charge in [-0.25, -0.2) is 4.79 Å². The molecule has 2 aliphatic heterocycles. The van der Waals surface area contributed by atoms with Crippen molar-refractivity contribution in [2.24, 2.45) is 0 Å². The first-order chi connectivity index (χ1) is 16.3. The zero-order valence-electron chi connectivity index (χ0n) is 20.9. The van der Waals surface area contributed by atoms with Crippen molar-refractivity contribution in [2.45, 2.75) is 102 Å². The molecule has 5 atom stereocenters. The second kappa shape index (κ2) is 12.4. The number of hydrogen-bond donors (Lipinski definition) is 1. The standard InChI is InChI=1S/C26H40O8/c1-5-7-14-29-18-21(30-15-8-6-2)23-22-20(32-25(3,4)33-22)16-26(28,34-23)24(27)31-17-19-12-10-9-11-13-19/h9-13,20-23,28H,5-8,14-18H2,1-4H3/t20-,21-,22?,23?,26?/m1/s1. The SMILES string of the molecule is CCCCOC[C@@H](OCCCC)C1OC(O)(C(=O)OCc2ccccc2)C[C@H]2OC(C)(C)OC12. The summed E-state index contributed by atoms with van der Waals surface area (Å²) in [5, 5.41) is 11.3. The van der Waals surface area contributed by atoms with E-state index in [0.717, 1.165) is 31.2 Å². The minimum atomic E-state index is -2.18. The smallest absolute Gasteiger partial charge is 0.367 e. The number of carbonyl (C=O) groups excluding carboxylic acids is 1. The number of benzene rings is 1. The number of ether oxygens (including phenoxy) is 6. The average molecular weight is 481 g/mol. The summed E-state index contributed by atoms with van der Waals surface area (Å²) in [6, 6.07) is 9.30. The molecule has 0 saturated carbocycles. The summed E-state index contributed by atoms with van der Waals surface area (Å²) >= 11 is 0. The van der Waals surface area contributed by atoms with Gasteiger partial charge in [-0.1, -0.05) is 57.0 Å². The first-order valence-electron chi connectivity index (χ1n) is 12.4. The minimum absolute atomic E-state index is 0.0313. The zero-order chi connectivity index (χ0) is 24.6. The number of esters is 1. The Labute approximate surface area is 202 Å². The molecular formula is C26H40O8. The highest BCUT2D eigenvalue weighted by Crippen LogP contribution is 2.42. The molecule has 34 heavy (non-hydrogen) atoms. The Bertz CT molecular complexity index is 754. The van der Waals surface area contributed by atoms with Gasteiger partial charge in [0.15, 0.2) is 5.79 Å². The third-order valence-corrected chi connectivity index (χ3v) is 6.01. The number of rotatable bonds is 13. The van der Waals surface area contributed by atoms with E-state index in [-0.39, 0.29) is 19.6 Å². The van der Waals surface area contributed by atoms with Crippen molar-refractivity contribution in [1.82, 2.24) is 0 Å². The molecule has 0 bridgehead atoms. The molecule has 1 aromatic carbocycles. The fraction of sp³-hybridized carbons (Fsp3) is 0.731. The lowest BCUT2D eigenvalue weighted by Crippen LogP contribution is -2.61. The summed E-state index contributed by atoms with van der Waals surface area (Å²) in [6.07, 6.45) is 1.32. The Morgan fingerprint density at radius 3 is 2.50 bits per heavy atom. The van der Waals surface area contributed by atoms with E-state index in [1.165, 1.54) is 0 Å². The zero-order valence-corrected chi connectivity index (χ0v) is 20.9. The highest BCUT2D eigenvalue weighted by molar-refractivity contribution is 5.77. The van der Waals surface area contributed by atoms with Crippen molar-refractivity contribution in [2.75, 3.05) is 19.8 Å². The van der Waals surface area contributed by atoms with Crippen LogP contribution in [0.25, 0.3) is 0 Å². The van der Waals surface area contributed by atoms with Crippen LogP contribution >= 0.6 is 0 Å². The molecule has 0 amide bonds. The largest absolute Gasteiger partial charge is 0.457 e. The highest BCUT2D eigenvalue weighted by Gasteiger charge is 2.59. The van der Waals surface area contributed by atoms with Crippen molar-refractivity contribution < 1.29 is 38.3 Å². The maximum Gasteiger partial charge on any atom is 0.367 e. The number of unbranched alkanes of at least 4 members (excludes halogenated alkanes) is 2. The fourth-order valence-electron chi connectivity index (χ4n) is 4.23. The van der Waals surface area contributed by atoms with Gasteiger partial charge in [0.2, 0.25) is 0 Å². The van der Waals surface area contributed by atoms with Crippen molar-refractivity contribution in [3.8, 4) is 0 Å². The topological polar surface area (TPSA) is 92.7 Å². The first-order valence-corrected chi connectivity index (χ1v) is 12.4. The van der Waals surface area contributed by atoms with Crippen LogP contribution in [0.3, 0.4) is 0 Å². The molecule has 0 radical (unpaired) electrons. The van der Waals surface area contributed by atoms with Crippen LogP contribution in [0.2, 0.25) is 0 Å². The molecule has 3 rings (SSSR count). The van der Waals surface area contributed by atoms with Crippen LogP contribution in [0.5, 0.6) is 0 Å². The molecular weight excluding hydrogens is 440 g/mol. The van der Waals surface area contributed by atoms with E-state index in [1.54, 1.807) is 13.8 Å². The van der Waals surface area contributed by atoms with Gasteiger partial charge in [0.1, 0.15) is 24.9 Å². The van der Waals surface area contributed by atoms with E-state index in [1.807, 2.05) is 30.3 Å². The van der Waals surface area contributed by atoms with Crippen molar-refractivity contribution in [1.29, 1.82) is 0 Å². The van der Waals surface area contributed by atoms with Crippen molar-refractivity contribution in [3.63, 3.8) is 0 Å². The molecule has 2 saturated heterocycles. The van der Waals surface area contributed by atoms with Crippen LogP contribution in [0.4, 0.5) is 0 Å². The summed E-state index contributed by atoms with van der Waals surface area (Å²) in [5.41, 5.74) is 0.816. The van der Waals surface area contributed by atoms with Gasteiger partial charge in [-0.3, -0.25) is 0 Å². The lowest BCUT2D eigenvalue weighted by molar-refractivity contribution is -0.302. The van der Waals surface area contributed by atoms with Crippen LogP contribution < -0.4 is 0 Å². The average Bonchev–Trinajstić information content (AvgIpc) is 3.12. The maximum atomic E-state index is 13.0. The molecule has 0 aliphatic carbocycles. The first kappa shape index (κ1) is 27.0. The van der Waals surface area contributed by atoms with Crippen LogP contribution in [0.15, 0.2) is 30.3 Å². The molecule has 2 fully saturated rings. The predicted molar refractivity (Wildman–Crippen MR) is 125 cm³/mol. The van der Waals surface area contributed by atoms with Crippen molar-refractivity contribution >= 4 is 5.97 Å². The third kappa shape index (κ3) is 7.23. The molecule has 1 N–H and O–H groups in total. The van der Waals surface area contributed by atoms with E-state index in [0.29, 0.717) is 13.2 Å². The Hall–Kier alpha value is -1.55. The Balaban J connectivity index is 1.76. The summed E-state index contributed by atoms with van der Waals surface area (Å²) in [5.74, 6) is -3.92. The highest BCUT2D eigenvalue weighted by atomic mass is 16.8. The quantitative estimate of drug-likeness (QED) is 0.337. The predicted octanol–water partition coefficient (Wildman–Crippen LogP) is 3.73. The fourth-order valence-corrected chi connectivity index (χ4v) is 4.23. The van der Waals surface area contributed by atoms with Crippen LogP contribution in [-0.4, -0.2) is 66.9 Å². The van der Waals surface area contributed by atoms with Gasteiger partial charge in [0, 0.05) is 19.6 Å². The Morgan fingerprint density at radius 2 is 1.79 bits per heavy atom. The molecule has 8 nitrogen and oxygen atoms in total. The molecule has 3 unspecified atom stereocenters. The van der Waals surface area contributed by atoms with Gasteiger partial charge in [-0.2, -0.15) is 0 Å². The second-order valence-corrected chi connectivity index (χ2v) is 9.46. The van der Waals surface area contributed by atoms with E-state index >= 15 is 0 Å². The molecule has 0 spiro atoms. The van der Waals surface area contributed by atoms with Crippen LogP contribution in [-0.2, 0) is 39.8 Å². The van der Waals surface area contributed by atoms with E-state index in [4.69, 9.17) is 28.4 Å². The lowest BCUT2D eigenvalue weighted by atomic mass is 9.92. The Kier molecular flexibility index (Phi) is 9.88.